The average molecular weight is 296 g/mol. The molecule has 3 rings (SSSR count). The van der Waals surface area contributed by atoms with E-state index >= 15 is 0 Å². The van der Waals surface area contributed by atoms with E-state index in [2.05, 4.69) is 0 Å². The Morgan fingerprint density at radius 3 is 2.57 bits per heavy atom. The standard InChI is InChI=1S/C16H21FO4/c1-15(2)20-14-16(3,21-15)13(17)12(19-14)10-18-9-11-7-5-4-6-8-11/h4-8,12-14H,9-10H2,1-3H3/t12-,13+,14-,16-/m1/s1. The van der Waals surface area contributed by atoms with E-state index in [-0.39, 0.29) is 6.61 Å². The first kappa shape index (κ1) is 14.9. The predicted molar refractivity (Wildman–Crippen MR) is 74.3 cm³/mol. The topological polar surface area (TPSA) is 36.9 Å². The molecule has 2 saturated heterocycles. The van der Waals surface area contributed by atoms with Gasteiger partial charge in [0.05, 0.1) is 13.2 Å². The fraction of sp³-hybridized carbons (Fsp3) is 0.625. The zero-order chi connectivity index (χ0) is 15.1. The Hall–Kier alpha value is -1.01. The van der Waals surface area contributed by atoms with Crippen molar-refractivity contribution >= 4 is 0 Å². The van der Waals surface area contributed by atoms with E-state index in [1.165, 1.54) is 0 Å². The van der Waals surface area contributed by atoms with Crippen molar-refractivity contribution in [3.05, 3.63) is 35.9 Å². The van der Waals surface area contributed by atoms with Crippen LogP contribution in [-0.4, -0.2) is 36.6 Å². The molecule has 0 aromatic heterocycles. The van der Waals surface area contributed by atoms with Crippen LogP contribution in [0.1, 0.15) is 26.3 Å². The quantitative estimate of drug-likeness (QED) is 0.856. The molecule has 0 N–H and O–H groups in total. The number of ether oxygens (including phenoxy) is 4. The minimum absolute atomic E-state index is 0.176. The summed E-state index contributed by atoms with van der Waals surface area (Å²) in [5.41, 5.74) is -0.0180. The molecule has 21 heavy (non-hydrogen) atoms. The second-order valence-electron chi connectivity index (χ2n) is 6.21. The number of benzene rings is 1. The summed E-state index contributed by atoms with van der Waals surface area (Å²) in [6, 6.07) is 9.76. The molecule has 0 radical (unpaired) electrons. The summed E-state index contributed by atoms with van der Waals surface area (Å²) in [5.74, 6) is -0.820. The van der Waals surface area contributed by atoms with E-state index in [1.54, 1.807) is 20.8 Å². The minimum atomic E-state index is -1.28. The number of fused-ring (bicyclic) bond motifs is 1. The van der Waals surface area contributed by atoms with Gasteiger partial charge in [-0.25, -0.2) is 4.39 Å². The maximum atomic E-state index is 14.6. The maximum absolute atomic E-state index is 14.6. The fourth-order valence-corrected chi connectivity index (χ4v) is 2.91. The Bertz CT molecular complexity index is 492. The van der Waals surface area contributed by atoms with Crippen LogP contribution in [-0.2, 0) is 25.6 Å². The number of halogens is 1. The summed E-state index contributed by atoms with van der Waals surface area (Å²) in [5, 5.41) is 0. The van der Waals surface area contributed by atoms with Crippen molar-refractivity contribution < 1.29 is 23.3 Å². The van der Waals surface area contributed by atoms with Gasteiger partial charge in [-0.05, 0) is 26.3 Å². The number of hydrogen-bond acceptors (Lipinski definition) is 4. The first-order valence-electron chi connectivity index (χ1n) is 7.20. The third-order valence-electron chi connectivity index (χ3n) is 3.89. The van der Waals surface area contributed by atoms with Crippen LogP contribution in [0.25, 0.3) is 0 Å². The Morgan fingerprint density at radius 1 is 1.19 bits per heavy atom. The van der Waals surface area contributed by atoms with E-state index in [0.717, 1.165) is 5.56 Å². The first-order valence-corrected chi connectivity index (χ1v) is 7.20. The second kappa shape index (κ2) is 5.32. The summed E-state index contributed by atoms with van der Waals surface area (Å²) in [6.07, 6.45) is -2.63. The normalized spacial score (nSPS) is 37.6. The Labute approximate surface area is 124 Å². The predicted octanol–water partition coefficient (Wildman–Crippen LogP) is 2.81. The molecule has 0 spiro atoms. The van der Waals surface area contributed by atoms with Gasteiger partial charge in [0, 0.05) is 0 Å². The number of alkyl halides is 1. The highest BCUT2D eigenvalue weighted by Crippen LogP contribution is 2.46. The van der Waals surface area contributed by atoms with Gasteiger partial charge in [0.15, 0.2) is 23.8 Å². The van der Waals surface area contributed by atoms with Crippen molar-refractivity contribution in [2.75, 3.05) is 6.61 Å². The van der Waals surface area contributed by atoms with Crippen molar-refractivity contribution in [2.45, 2.75) is 57.3 Å². The molecule has 0 amide bonds. The largest absolute Gasteiger partial charge is 0.374 e. The molecule has 0 unspecified atom stereocenters. The molecule has 2 aliphatic heterocycles. The van der Waals surface area contributed by atoms with Crippen molar-refractivity contribution in [1.29, 1.82) is 0 Å². The molecule has 4 nitrogen and oxygen atoms in total. The molecule has 1 aromatic carbocycles. The lowest BCUT2D eigenvalue weighted by atomic mass is 9.99. The number of hydrogen-bond donors (Lipinski definition) is 0. The molecule has 0 bridgehead atoms. The molecule has 2 fully saturated rings. The first-order chi connectivity index (χ1) is 9.91. The van der Waals surface area contributed by atoms with E-state index in [1.807, 2.05) is 30.3 Å². The van der Waals surface area contributed by atoms with E-state index < -0.39 is 30.0 Å². The Balaban J connectivity index is 1.55. The summed E-state index contributed by atoms with van der Waals surface area (Å²) in [4.78, 5) is 0. The van der Waals surface area contributed by atoms with Gasteiger partial charge >= 0.3 is 0 Å². The highest BCUT2D eigenvalue weighted by molar-refractivity contribution is 5.13. The highest BCUT2D eigenvalue weighted by atomic mass is 19.1. The van der Waals surface area contributed by atoms with Crippen LogP contribution < -0.4 is 0 Å². The van der Waals surface area contributed by atoms with Gasteiger partial charge in [-0.15, -0.1) is 0 Å². The minimum Gasteiger partial charge on any atom is -0.374 e. The Morgan fingerprint density at radius 2 is 1.90 bits per heavy atom. The molecule has 5 heteroatoms. The monoisotopic (exact) mass is 296 g/mol. The van der Waals surface area contributed by atoms with Gasteiger partial charge in [0.25, 0.3) is 0 Å². The van der Waals surface area contributed by atoms with Gasteiger partial charge in [0.1, 0.15) is 6.10 Å². The smallest absolute Gasteiger partial charge is 0.193 e. The lowest BCUT2D eigenvalue weighted by molar-refractivity contribution is -0.219. The van der Waals surface area contributed by atoms with Crippen LogP contribution in [0.5, 0.6) is 0 Å². The van der Waals surface area contributed by atoms with Crippen molar-refractivity contribution in [2.24, 2.45) is 0 Å². The molecule has 116 valence electrons. The summed E-state index contributed by atoms with van der Waals surface area (Å²) in [6.45, 7) is 5.81. The summed E-state index contributed by atoms with van der Waals surface area (Å²) < 4.78 is 37.1. The van der Waals surface area contributed by atoms with Crippen LogP contribution in [0, 0.1) is 0 Å². The van der Waals surface area contributed by atoms with Crippen LogP contribution in [0.4, 0.5) is 4.39 Å². The van der Waals surface area contributed by atoms with Gasteiger partial charge in [-0.2, -0.15) is 0 Å². The van der Waals surface area contributed by atoms with E-state index in [9.17, 15) is 4.39 Å². The van der Waals surface area contributed by atoms with Gasteiger partial charge in [-0.1, -0.05) is 30.3 Å². The summed E-state index contributed by atoms with van der Waals surface area (Å²) >= 11 is 0. The molecular weight excluding hydrogens is 275 g/mol. The van der Waals surface area contributed by atoms with Crippen LogP contribution in [0.15, 0.2) is 30.3 Å². The molecule has 2 heterocycles. The molecule has 0 aliphatic carbocycles. The molecule has 1 aromatic rings. The highest BCUT2D eigenvalue weighted by Gasteiger charge is 2.63. The van der Waals surface area contributed by atoms with Gasteiger partial charge in [-0.3, -0.25) is 0 Å². The SMILES string of the molecule is CC1(C)O[C@H]2O[C@H](COCc3ccccc3)[C@H](F)[C@@]2(C)O1. The zero-order valence-electron chi connectivity index (χ0n) is 12.5. The van der Waals surface area contributed by atoms with Crippen molar-refractivity contribution in [3.8, 4) is 0 Å². The third-order valence-corrected chi connectivity index (χ3v) is 3.89. The molecule has 2 aliphatic rings. The van der Waals surface area contributed by atoms with Crippen molar-refractivity contribution in [1.82, 2.24) is 0 Å². The maximum Gasteiger partial charge on any atom is 0.193 e. The molecular formula is C16H21FO4. The summed E-state index contributed by atoms with van der Waals surface area (Å²) in [7, 11) is 0. The van der Waals surface area contributed by atoms with E-state index in [0.29, 0.717) is 6.61 Å². The van der Waals surface area contributed by atoms with Crippen LogP contribution in [0.3, 0.4) is 0 Å². The van der Waals surface area contributed by atoms with Crippen molar-refractivity contribution in [3.63, 3.8) is 0 Å². The lowest BCUT2D eigenvalue weighted by Crippen LogP contribution is -2.43. The van der Waals surface area contributed by atoms with Crippen LogP contribution >= 0.6 is 0 Å². The molecule has 0 saturated carbocycles. The zero-order valence-corrected chi connectivity index (χ0v) is 12.5. The molecule has 4 atom stereocenters. The Kier molecular flexibility index (Phi) is 3.78. The van der Waals surface area contributed by atoms with Gasteiger partial charge in [0.2, 0.25) is 0 Å². The lowest BCUT2D eigenvalue weighted by Gasteiger charge is -2.26. The fourth-order valence-electron chi connectivity index (χ4n) is 2.91. The van der Waals surface area contributed by atoms with E-state index in [4.69, 9.17) is 18.9 Å². The van der Waals surface area contributed by atoms with Crippen LogP contribution in [0.2, 0.25) is 0 Å². The average Bonchev–Trinajstić information content (AvgIpc) is 2.79. The second-order valence-corrected chi connectivity index (χ2v) is 6.21. The third kappa shape index (κ3) is 2.83. The number of rotatable bonds is 4. The van der Waals surface area contributed by atoms with Gasteiger partial charge < -0.3 is 18.9 Å².